The smallest absolute Gasteiger partial charge is 0.276 e. The highest BCUT2D eigenvalue weighted by Gasteiger charge is 2.27. The van der Waals surface area contributed by atoms with Gasteiger partial charge in [-0.2, -0.15) is 0 Å². The van der Waals surface area contributed by atoms with Crippen LogP contribution in [0.25, 0.3) is 11.3 Å². The zero-order chi connectivity index (χ0) is 17.8. The normalized spacial score (nSPS) is 19.6. The molecule has 2 aromatic rings. The Balaban J connectivity index is 1.31. The van der Waals surface area contributed by atoms with Crippen molar-refractivity contribution in [1.29, 1.82) is 0 Å². The maximum atomic E-state index is 12.7. The van der Waals surface area contributed by atoms with Crippen LogP contribution in [-0.2, 0) is 4.74 Å². The number of nitrogens with zero attached hydrogens (tertiary/aromatic N) is 4. The average molecular weight is 356 g/mol. The van der Waals surface area contributed by atoms with E-state index in [1.165, 1.54) is 0 Å². The van der Waals surface area contributed by atoms with Crippen LogP contribution < -0.4 is 0 Å². The van der Waals surface area contributed by atoms with Gasteiger partial charge in [-0.25, -0.2) is 0 Å². The Kier molecular flexibility index (Phi) is 5.26. The van der Waals surface area contributed by atoms with Crippen molar-refractivity contribution in [3.05, 3.63) is 36.3 Å². The van der Waals surface area contributed by atoms with Crippen LogP contribution in [0.3, 0.4) is 0 Å². The molecular formula is C19H24N4O3. The first-order valence-electron chi connectivity index (χ1n) is 9.26. The van der Waals surface area contributed by atoms with Crippen molar-refractivity contribution in [2.75, 3.05) is 45.9 Å². The number of rotatable bonds is 4. The summed E-state index contributed by atoms with van der Waals surface area (Å²) in [7, 11) is 0. The van der Waals surface area contributed by atoms with Gasteiger partial charge in [0.05, 0.1) is 13.2 Å². The Morgan fingerprint density at radius 1 is 1.19 bits per heavy atom. The highest BCUT2D eigenvalue weighted by molar-refractivity contribution is 5.93. The first-order chi connectivity index (χ1) is 12.8. The SMILES string of the molecule is O=C(c1cc(-c2cccnc2)on1)N1CCC(CN2CCOCC2)CC1. The summed E-state index contributed by atoms with van der Waals surface area (Å²) in [5, 5.41) is 3.96. The number of pyridine rings is 1. The minimum atomic E-state index is -0.0475. The Bertz CT molecular complexity index is 719. The Hall–Kier alpha value is -2.25. The molecule has 4 rings (SSSR count). The average Bonchev–Trinajstić information content (AvgIpc) is 3.20. The molecule has 0 radical (unpaired) electrons. The van der Waals surface area contributed by atoms with Gasteiger partial charge < -0.3 is 14.2 Å². The summed E-state index contributed by atoms with van der Waals surface area (Å²) in [5.74, 6) is 1.18. The van der Waals surface area contributed by atoms with Crippen LogP contribution in [-0.4, -0.2) is 71.8 Å². The van der Waals surface area contributed by atoms with E-state index in [2.05, 4.69) is 15.0 Å². The maximum absolute atomic E-state index is 12.7. The molecule has 2 aliphatic rings. The lowest BCUT2D eigenvalue weighted by atomic mass is 9.96. The van der Waals surface area contributed by atoms with E-state index in [0.29, 0.717) is 17.4 Å². The van der Waals surface area contributed by atoms with E-state index in [1.807, 2.05) is 17.0 Å². The van der Waals surface area contributed by atoms with E-state index < -0.39 is 0 Å². The van der Waals surface area contributed by atoms with Crippen LogP contribution in [0.15, 0.2) is 35.1 Å². The largest absolute Gasteiger partial charge is 0.379 e. The van der Waals surface area contributed by atoms with Crippen molar-refractivity contribution in [3.63, 3.8) is 0 Å². The first-order valence-corrected chi connectivity index (χ1v) is 9.26. The summed E-state index contributed by atoms with van der Waals surface area (Å²) in [4.78, 5) is 21.1. The summed E-state index contributed by atoms with van der Waals surface area (Å²) in [6.45, 7) is 6.39. The first kappa shape index (κ1) is 17.2. The number of ether oxygens (including phenoxy) is 1. The lowest BCUT2D eigenvalue weighted by Crippen LogP contribution is -2.44. The number of hydrogen-bond donors (Lipinski definition) is 0. The van der Waals surface area contributed by atoms with Crippen LogP contribution in [0, 0.1) is 5.92 Å². The quantitative estimate of drug-likeness (QED) is 0.833. The predicted molar refractivity (Wildman–Crippen MR) is 95.6 cm³/mol. The number of piperidine rings is 1. The topological polar surface area (TPSA) is 71.7 Å². The molecule has 138 valence electrons. The molecule has 7 nitrogen and oxygen atoms in total. The van der Waals surface area contributed by atoms with Crippen molar-refractivity contribution >= 4 is 5.91 Å². The molecule has 7 heteroatoms. The molecule has 0 atom stereocenters. The van der Waals surface area contributed by atoms with Gasteiger partial charge in [-0.1, -0.05) is 5.16 Å². The lowest BCUT2D eigenvalue weighted by Gasteiger charge is -2.35. The molecule has 2 aromatic heterocycles. The van der Waals surface area contributed by atoms with Crippen molar-refractivity contribution in [2.45, 2.75) is 12.8 Å². The van der Waals surface area contributed by atoms with Crippen molar-refractivity contribution in [3.8, 4) is 11.3 Å². The van der Waals surface area contributed by atoms with E-state index in [0.717, 1.165) is 64.3 Å². The fraction of sp³-hybridized carbons (Fsp3) is 0.526. The summed E-state index contributed by atoms with van der Waals surface area (Å²) in [6.07, 6.45) is 5.48. The van der Waals surface area contributed by atoms with E-state index in [9.17, 15) is 4.79 Å². The third-order valence-electron chi connectivity index (χ3n) is 5.20. The monoisotopic (exact) mass is 356 g/mol. The van der Waals surface area contributed by atoms with Gasteiger partial charge in [-0.15, -0.1) is 0 Å². The number of carbonyl (C=O) groups excluding carboxylic acids is 1. The predicted octanol–water partition coefficient (Wildman–Crippen LogP) is 1.92. The maximum Gasteiger partial charge on any atom is 0.276 e. The van der Waals surface area contributed by atoms with E-state index in [1.54, 1.807) is 18.5 Å². The molecule has 0 N–H and O–H groups in total. The summed E-state index contributed by atoms with van der Waals surface area (Å²) < 4.78 is 10.7. The van der Waals surface area contributed by atoms with Crippen molar-refractivity contribution < 1.29 is 14.1 Å². The number of amides is 1. The Labute approximate surface area is 152 Å². The molecule has 0 aromatic carbocycles. The number of likely N-dealkylation sites (tertiary alicyclic amines) is 1. The highest BCUT2D eigenvalue weighted by atomic mass is 16.5. The molecule has 4 heterocycles. The second-order valence-corrected chi connectivity index (χ2v) is 6.97. The molecule has 0 spiro atoms. The molecular weight excluding hydrogens is 332 g/mol. The number of morpholine rings is 1. The third kappa shape index (κ3) is 3.94. The van der Waals surface area contributed by atoms with Gasteiger partial charge in [0.15, 0.2) is 11.5 Å². The minimum absolute atomic E-state index is 0.0475. The van der Waals surface area contributed by atoms with E-state index >= 15 is 0 Å². The Morgan fingerprint density at radius 3 is 2.73 bits per heavy atom. The van der Waals surface area contributed by atoms with Gasteiger partial charge >= 0.3 is 0 Å². The molecule has 1 amide bonds. The summed E-state index contributed by atoms with van der Waals surface area (Å²) in [6, 6.07) is 5.43. The van der Waals surface area contributed by atoms with Gasteiger partial charge in [0, 0.05) is 56.7 Å². The van der Waals surface area contributed by atoms with Crippen LogP contribution in [0.1, 0.15) is 23.3 Å². The molecule has 0 unspecified atom stereocenters. The molecule has 2 saturated heterocycles. The third-order valence-corrected chi connectivity index (χ3v) is 5.20. The van der Waals surface area contributed by atoms with Gasteiger partial charge in [0.1, 0.15) is 0 Å². The zero-order valence-electron chi connectivity index (χ0n) is 14.8. The second-order valence-electron chi connectivity index (χ2n) is 6.97. The lowest BCUT2D eigenvalue weighted by molar-refractivity contribution is 0.0242. The number of carbonyl (C=O) groups is 1. The van der Waals surface area contributed by atoms with Crippen LogP contribution in [0.2, 0.25) is 0 Å². The molecule has 2 aliphatic heterocycles. The fourth-order valence-electron chi connectivity index (χ4n) is 3.65. The number of hydrogen-bond acceptors (Lipinski definition) is 6. The van der Waals surface area contributed by atoms with Crippen molar-refractivity contribution in [2.24, 2.45) is 5.92 Å². The standard InChI is InChI=1S/C19H24N4O3/c24-19(17-12-18(26-21-17)16-2-1-5-20-13-16)23-6-3-15(4-7-23)14-22-8-10-25-11-9-22/h1-2,5,12-13,15H,3-4,6-11,14H2. The highest BCUT2D eigenvalue weighted by Crippen LogP contribution is 2.23. The molecule has 26 heavy (non-hydrogen) atoms. The van der Waals surface area contributed by atoms with Gasteiger partial charge in [0.25, 0.3) is 5.91 Å². The second kappa shape index (κ2) is 7.97. The molecule has 0 aliphatic carbocycles. The molecule has 2 fully saturated rings. The van der Waals surface area contributed by atoms with Crippen LogP contribution in [0.4, 0.5) is 0 Å². The van der Waals surface area contributed by atoms with Gasteiger partial charge in [-0.3, -0.25) is 14.7 Å². The molecule has 0 saturated carbocycles. The van der Waals surface area contributed by atoms with Crippen LogP contribution >= 0.6 is 0 Å². The van der Waals surface area contributed by atoms with E-state index in [4.69, 9.17) is 9.26 Å². The Morgan fingerprint density at radius 2 is 2.00 bits per heavy atom. The van der Waals surface area contributed by atoms with Gasteiger partial charge in [0.2, 0.25) is 0 Å². The van der Waals surface area contributed by atoms with Gasteiger partial charge in [-0.05, 0) is 30.9 Å². The summed E-state index contributed by atoms with van der Waals surface area (Å²) in [5.41, 5.74) is 1.19. The van der Waals surface area contributed by atoms with Crippen molar-refractivity contribution in [1.82, 2.24) is 19.9 Å². The molecule has 0 bridgehead atoms. The fourth-order valence-corrected chi connectivity index (χ4v) is 3.65. The van der Waals surface area contributed by atoms with E-state index in [-0.39, 0.29) is 5.91 Å². The number of aromatic nitrogens is 2. The zero-order valence-corrected chi connectivity index (χ0v) is 14.8. The summed E-state index contributed by atoms with van der Waals surface area (Å²) >= 11 is 0. The minimum Gasteiger partial charge on any atom is -0.379 e. The van der Waals surface area contributed by atoms with Crippen LogP contribution in [0.5, 0.6) is 0 Å².